The molecule has 1 rings (SSSR count). The molecule has 94 valence electrons. The summed E-state index contributed by atoms with van der Waals surface area (Å²) in [5.41, 5.74) is 5.86. The van der Waals surface area contributed by atoms with E-state index < -0.39 is 17.8 Å². The standard InChI is InChI=1S/C11H14FNO4/c1-16-5-7-8(12)4-3-6(10(7)17-2)9(13)11(14)15/h3-4,9H,5,13H2,1-2H3,(H,14,15). The van der Waals surface area contributed by atoms with Gasteiger partial charge in [0.15, 0.2) is 0 Å². The van der Waals surface area contributed by atoms with Gasteiger partial charge in [-0.1, -0.05) is 6.07 Å². The molecule has 5 nitrogen and oxygen atoms in total. The maximum absolute atomic E-state index is 13.5. The monoisotopic (exact) mass is 243 g/mol. The third-order valence-corrected chi connectivity index (χ3v) is 2.33. The number of methoxy groups -OCH3 is 2. The van der Waals surface area contributed by atoms with Crippen LogP contribution in [0.4, 0.5) is 4.39 Å². The third kappa shape index (κ3) is 2.72. The molecule has 3 N–H and O–H groups in total. The van der Waals surface area contributed by atoms with Crippen LogP contribution < -0.4 is 10.5 Å². The Kier molecular flexibility index (Phi) is 4.42. The Balaban J connectivity index is 3.32. The van der Waals surface area contributed by atoms with Crippen molar-refractivity contribution < 1.29 is 23.8 Å². The highest BCUT2D eigenvalue weighted by molar-refractivity contribution is 5.76. The maximum Gasteiger partial charge on any atom is 0.325 e. The normalized spacial score (nSPS) is 12.2. The average Bonchev–Trinajstić information content (AvgIpc) is 2.30. The molecular formula is C11H14FNO4. The molecule has 0 saturated carbocycles. The number of aliphatic carboxylic acids is 1. The van der Waals surface area contributed by atoms with E-state index in [1.807, 2.05) is 0 Å². The number of hydrogen-bond acceptors (Lipinski definition) is 4. The first-order valence-corrected chi connectivity index (χ1v) is 4.85. The van der Waals surface area contributed by atoms with E-state index in [1.165, 1.54) is 20.3 Å². The van der Waals surface area contributed by atoms with E-state index in [-0.39, 0.29) is 23.5 Å². The highest BCUT2D eigenvalue weighted by Crippen LogP contribution is 2.30. The van der Waals surface area contributed by atoms with Crippen molar-refractivity contribution in [2.24, 2.45) is 5.73 Å². The summed E-state index contributed by atoms with van der Waals surface area (Å²) in [5, 5.41) is 8.84. The first-order valence-electron chi connectivity index (χ1n) is 4.85. The number of nitrogens with two attached hydrogens (primary N) is 1. The maximum atomic E-state index is 13.5. The van der Waals surface area contributed by atoms with Gasteiger partial charge in [-0.2, -0.15) is 0 Å². The summed E-state index contributed by atoms with van der Waals surface area (Å²) in [5.74, 6) is -1.62. The lowest BCUT2D eigenvalue weighted by atomic mass is 10.0. The Bertz CT molecular complexity index is 422. The fraction of sp³-hybridized carbons (Fsp3) is 0.364. The summed E-state index contributed by atoms with van der Waals surface area (Å²) in [6, 6.07) is 1.18. The summed E-state index contributed by atoms with van der Waals surface area (Å²) < 4.78 is 23.4. The fourth-order valence-corrected chi connectivity index (χ4v) is 1.52. The highest BCUT2D eigenvalue weighted by atomic mass is 19.1. The summed E-state index contributed by atoms with van der Waals surface area (Å²) >= 11 is 0. The second-order valence-corrected chi connectivity index (χ2v) is 3.40. The van der Waals surface area contributed by atoms with Crippen molar-refractivity contribution in [1.29, 1.82) is 0 Å². The molecule has 1 atom stereocenters. The van der Waals surface area contributed by atoms with Gasteiger partial charge in [0.1, 0.15) is 17.6 Å². The Labute approximate surface area is 97.9 Å². The van der Waals surface area contributed by atoms with E-state index in [2.05, 4.69) is 0 Å². The number of benzene rings is 1. The van der Waals surface area contributed by atoms with Gasteiger partial charge in [-0.05, 0) is 6.07 Å². The van der Waals surface area contributed by atoms with Gasteiger partial charge < -0.3 is 20.3 Å². The lowest BCUT2D eigenvalue weighted by Gasteiger charge is -2.16. The van der Waals surface area contributed by atoms with E-state index >= 15 is 0 Å². The van der Waals surface area contributed by atoms with Gasteiger partial charge in [-0.3, -0.25) is 4.79 Å². The Morgan fingerprint density at radius 3 is 2.65 bits per heavy atom. The van der Waals surface area contributed by atoms with Crippen LogP contribution in [0.5, 0.6) is 5.75 Å². The van der Waals surface area contributed by atoms with Gasteiger partial charge in [-0.15, -0.1) is 0 Å². The van der Waals surface area contributed by atoms with Gasteiger partial charge >= 0.3 is 5.97 Å². The highest BCUT2D eigenvalue weighted by Gasteiger charge is 2.22. The van der Waals surface area contributed by atoms with Crippen LogP contribution >= 0.6 is 0 Å². The molecule has 17 heavy (non-hydrogen) atoms. The van der Waals surface area contributed by atoms with Crippen molar-refractivity contribution in [3.8, 4) is 5.75 Å². The number of rotatable bonds is 5. The summed E-state index contributed by atoms with van der Waals surface area (Å²) in [7, 11) is 2.73. The quantitative estimate of drug-likeness (QED) is 0.808. The number of hydrogen-bond donors (Lipinski definition) is 2. The van der Waals surface area contributed by atoms with E-state index in [0.717, 1.165) is 6.07 Å². The zero-order chi connectivity index (χ0) is 13.0. The van der Waals surface area contributed by atoms with Crippen molar-refractivity contribution in [3.05, 3.63) is 29.1 Å². The van der Waals surface area contributed by atoms with E-state index in [9.17, 15) is 9.18 Å². The van der Waals surface area contributed by atoms with Crippen molar-refractivity contribution in [2.45, 2.75) is 12.6 Å². The largest absolute Gasteiger partial charge is 0.496 e. The number of carbonyl (C=O) groups is 1. The molecule has 0 amide bonds. The van der Waals surface area contributed by atoms with Gasteiger partial charge in [0, 0.05) is 12.7 Å². The predicted octanol–water partition coefficient (Wildman–Crippen LogP) is 1.07. The zero-order valence-electron chi connectivity index (χ0n) is 9.57. The van der Waals surface area contributed by atoms with Crippen molar-refractivity contribution >= 4 is 5.97 Å². The molecule has 1 unspecified atom stereocenters. The molecule has 1 aromatic rings. The average molecular weight is 243 g/mol. The zero-order valence-corrected chi connectivity index (χ0v) is 9.57. The smallest absolute Gasteiger partial charge is 0.325 e. The molecule has 0 radical (unpaired) electrons. The van der Waals surface area contributed by atoms with Crippen LogP contribution in [0.2, 0.25) is 0 Å². The molecule has 0 saturated heterocycles. The minimum atomic E-state index is -1.26. The molecular weight excluding hydrogens is 229 g/mol. The molecule has 0 heterocycles. The van der Waals surface area contributed by atoms with Gasteiger partial charge in [0.2, 0.25) is 0 Å². The van der Waals surface area contributed by atoms with Gasteiger partial charge in [-0.25, -0.2) is 4.39 Å². The van der Waals surface area contributed by atoms with E-state index in [1.54, 1.807) is 0 Å². The van der Waals surface area contributed by atoms with Crippen LogP contribution in [0.3, 0.4) is 0 Å². The van der Waals surface area contributed by atoms with Crippen LogP contribution in [-0.4, -0.2) is 25.3 Å². The number of carboxylic acid groups (broad SMARTS) is 1. The summed E-state index contributed by atoms with van der Waals surface area (Å²) in [6.45, 7) is -0.0187. The van der Waals surface area contributed by atoms with Crippen LogP contribution in [0.15, 0.2) is 12.1 Å². The van der Waals surface area contributed by atoms with Crippen LogP contribution in [0, 0.1) is 5.82 Å². The second-order valence-electron chi connectivity index (χ2n) is 3.40. The molecule has 1 aromatic carbocycles. The fourth-order valence-electron chi connectivity index (χ4n) is 1.52. The Morgan fingerprint density at radius 1 is 1.53 bits per heavy atom. The van der Waals surface area contributed by atoms with E-state index in [4.69, 9.17) is 20.3 Å². The minimum Gasteiger partial charge on any atom is -0.496 e. The van der Waals surface area contributed by atoms with Crippen LogP contribution in [0.25, 0.3) is 0 Å². The summed E-state index contributed by atoms with van der Waals surface area (Å²) in [4.78, 5) is 10.8. The third-order valence-electron chi connectivity index (χ3n) is 2.33. The molecule has 6 heteroatoms. The second kappa shape index (κ2) is 5.60. The first kappa shape index (κ1) is 13.4. The predicted molar refractivity (Wildman–Crippen MR) is 58.2 cm³/mol. The van der Waals surface area contributed by atoms with Crippen LogP contribution in [-0.2, 0) is 16.1 Å². The summed E-state index contributed by atoms with van der Waals surface area (Å²) in [6.07, 6.45) is 0. The topological polar surface area (TPSA) is 81.8 Å². The molecule has 0 fully saturated rings. The number of ether oxygens (including phenoxy) is 2. The lowest BCUT2D eigenvalue weighted by Crippen LogP contribution is -2.22. The minimum absolute atomic E-state index is 0.0187. The van der Waals surface area contributed by atoms with E-state index in [0.29, 0.717) is 0 Å². The Hall–Kier alpha value is -1.66. The number of carboxylic acids is 1. The molecule has 0 spiro atoms. The van der Waals surface area contributed by atoms with Crippen molar-refractivity contribution in [3.63, 3.8) is 0 Å². The van der Waals surface area contributed by atoms with Gasteiger partial charge in [0.05, 0.1) is 19.3 Å². The molecule has 0 aliphatic carbocycles. The van der Waals surface area contributed by atoms with Crippen LogP contribution in [0.1, 0.15) is 17.2 Å². The number of halogens is 1. The Morgan fingerprint density at radius 2 is 2.18 bits per heavy atom. The van der Waals surface area contributed by atoms with Crippen molar-refractivity contribution in [2.75, 3.05) is 14.2 Å². The lowest BCUT2D eigenvalue weighted by molar-refractivity contribution is -0.138. The van der Waals surface area contributed by atoms with Gasteiger partial charge in [0.25, 0.3) is 0 Å². The molecule has 0 aliphatic rings. The molecule has 0 bridgehead atoms. The SMILES string of the molecule is COCc1c(F)ccc(C(N)C(=O)O)c1OC. The van der Waals surface area contributed by atoms with Crippen molar-refractivity contribution in [1.82, 2.24) is 0 Å². The first-order chi connectivity index (χ1) is 8.02. The molecule has 0 aliphatic heterocycles. The molecule has 0 aromatic heterocycles.